The lowest BCUT2D eigenvalue weighted by molar-refractivity contribution is -0.131. The minimum absolute atomic E-state index is 0.917. The summed E-state index contributed by atoms with van der Waals surface area (Å²) in [6, 6.07) is 3.95. The monoisotopic (exact) mass is 366 g/mol. The SMILES string of the molecule is Cc1cc(Br)c(I)c(/C=C/C(=O)O)c1. The van der Waals surface area contributed by atoms with E-state index in [0.717, 1.165) is 25.2 Å². The molecule has 0 fully saturated rings. The van der Waals surface area contributed by atoms with E-state index in [1.165, 1.54) is 0 Å². The summed E-state index contributed by atoms with van der Waals surface area (Å²) in [5.41, 5.74) is 2.02. The smallest absolute Gasteiger partial charge is 0.328 e. The second-order valence-electron chi connectivity index (χ2n) is 2.82. The van der Waals surface area contributed by atoms with E-state index in [0.29, 0.717) is 0 Å². The van der Waals surface area contributed by atoms with Gasteiger partial charge in [-0.2, -0.15) is 0 Å². The predicted octanol–water partition coefficient (Wildman–Crippen LogP) is 3.46. The van der Waals surface area contributed by atoms with Gasteiger partial charge in [0.2, 0.25) is 0 Å². The molecule has 0 aliphatic rings. The van der Waals surface area contributed by atoms with Crippen LogP contribution in [-0.4, -0.2) is 11.1 Å². The molecule has 4 heteroatoms. The molecule has 1 aromatic carbocycles. The van der Waals surface area contributed by atoms with Crippen LogP contribution in [0.15, 0.2) is 22.7 Å². The first kappa shape index (κ1) is 11.7. The molecule has 74 valence electrons. The summed E-state index contributed by atoms with van der Waals surface area (Å²) < 4.78 is 2.01. The molecule has 0 unspecified atom stereocenters. The van der Waals surface area contributed by atoms with Gasteiger partial charge in [-0.25, -0.2) is 4.79 Å². The number of benzene rings is 1. The van der Waals surface area contributed by atoms with E-state index in [1.807, 2.05) is 19.1 Å². The van der Waals surface area contributed by atoms with E-state index >= 15 is 0 Å². The van der Waals surface area contributed by atoms with E-state index < -0.39 is 5.97 Å². The maximum atomic E-state index is 10.4. The molecule has 0 amide bonds. The Kier molecular flexibility index (Phi) is 4.12. The molecule has 0 aliphatic carbocycles. The Morgan fingerprint density at radius 1 is 1.57 bits per heavy atom. The summed E-state index contributed by atoms with van der Waals surface area (Å²) in [6.07, 6.45) is 2.74. The number of rotatable bonds is 2. The number of carboxylic acid groups (broad SMARTS) is 1. The molecular weight excluding hydrogens is 359 g/mol. The van der Waals surface area contributed by atoms with Crippen LogP contribution in [0.25, 0.3) is 6.08 Å². The van der Waals surface area contributed by atoms with Gasteiger partial charge >= 0.3 is 5.97 Å². The third kappa shape index (κ3) is 3.09. The topological polar surface area (TPSA) is 37.3 Å². The standard InChI is InChI=1S/C10H8BrIO2/c1-6-4-7(2-3-9(13)14)10(12)8(11)5-6/h2-5H,1H3,(H,13,14)/b3-2+. The van der Waals surface area contributed by atoms with Crippen molar-refractivity contribution < 1.29 is 9.90 Å². The molecule has 14 heavy (non-hydrogen) atoms. The molecule has 1 aromatic rings. The molecule has 2 nitrogen and oxygen atoms in total. The summed E-state index contributed by atoms with van der Waals surface area (Å²) in [5.74, 6) is -0.932. The summed E-state index contributed by atoms with van der Waals surface area (Å²) in [7, 11) is 0. The van der Waals surface area contributed by atoms with Gasteiger partial charge in [-0.15, -0.1) is 0 Å². The van der Waals surface area contributed by atoms with Crippen LogP contribution in [0.3, 0.4) is 0 Å². The Hall–Kier alpha value is -0.360. The fourth-order valence-electron chi connectivity index (χ4n) is 1.03. The number of aryl methyl sites for hydroxylation is 1. The van der Waals surface area contributed by atoms with Crippen molar-refractivity contribution in [2.45, 2.75) is 6.92 Å². The Bertz CT molecular complexity index is 399. The molecule has 0 heterocycles. The van der Waals surface area contributed by atoms with Crippen molar-refractivity contribution in [1.29, 1.82) is 0 Å². The first-order valence-corrected chi connectivity index (χ1v) is 5.74. The van der Waals surface area contributed by atoms with Crippen molar-refractivity contribution in [2.75, 3.05) is 0 Å². The number of carbonyl (C=O) groups is 1. The molecule has 0 radical (unpaired) electrons. The van der Waals surface area contributed by atoms with Crippen LogP contribution in [0.5, 0.6) is 0 Å². The molecular formula is C10H8BrIO2. The van der Waals surface area contributed by atoms with E-state index in [4.69, 9.17) is 5.11 Å². The molecule has 1 rings (SSSR count). The van der Waals surface area contributed by atoms with Gasteiger partial charge in [0.25, 0.3) is 0 Å². The Labute approximate surface area is 104 Å². The molecule has 0 saturated carbocycles. The zero-order valence-electron chi connectivity index (χ0n) is 7.42. The first-order chi connectivity index (χ1) is 6.50. The first-order valence-electron chi connectivity index (χ1n) is 3.87. The maximum Gasteiger partial charge on any atom is 0.328 e. The van der Waals surface area contributed by atoms with Gasteiger partial charge in [-0.3, -0.25) is 0 Å². The summed E-state index contributed by atoms with van der Waals surface area (Å²) in [4.78, 5) is 10.4. The summed E-state index contributed by atoms with van der Waals surface area (Å²) in [6.45, 7) is 1.97. The fraction of sp³-hybridized carbons (Fsp3) is 0.100. The number of carboxylic acids is 1. The van der Waals surface area contributed by atoms with Crippen molar-refractivity contribution in [3.8, 4) is 0 Å². The second kappa shape index (κ2) is 4.93. The third-order valence-corrected chi connectivity index (χ3v) is 4.18. The van der Waals surface area contributed by atoms with Crippen LogP contribution >= 0.6 is 38.5 Å². The zero-order valence-corrected chi connectivity index (χ0v) is 11.2. The largest absolute Gasteiger partial charge is 0.478 e. The quantitative estimate of drug-likeness (QED) is 0.642. The lowest BCUT2D eigenvalue weighted by Gasteiger charge is -2.03. The molecule has 1 N–H and O–H groups in total. The number of aliphatic carboxylic acids is 1. The fourth-order valence-corrected chi connectivity index (χ4v) is 2.11. The second-order valence-corrected chi connectivity index (χ2v) is 4.75. The van der Waals surface area contributed by atoms with Crippen molar-refractivity contribution in [2.24, 2.45) is 0 Å². The lowest BCUT2D eigenvalue weighted by atomic mass is 10.1. The molecule has 0 saturated heterocycles. The number of halogens is 2. The molecule has 0 aliphatic heterocycles. The average molecular weight is 367 g/mol. The number of hydrogen-bond donors (Lipinski definition) is 1. The highest BCUT2D eigenvalue weighted by Gasteiger charge is 2.02. The van der Waals surface area contributed by atoms with Crippen molar-refractivity contribution in [3.63, 3.8) is 0 Å². The van der Waals surface area contributed by atoms with E-state index in [1.54, 1.807) is 6.08 Å². The summed E-state index contributed by atoms with van der Waals surface area (Å²) >= 11 is 5.59. The van der Waals surface area contributed by atoms with Gasteiger partial charge in [-0.1, -0.05) is 6.07 Å². The van der Waals surface area contributed by atoms with Crippen molar-refractivity contribution in [3.05, 3.63) is 37.4 Å². The van der Waals surface area contributed by atoms with Gasteiger partial charge in [0, 0.05) is 14.1 Å². The average Bonchev–Trinajstić information content (AvgIpc) is 2.08. The Balaban J connectivity index is 3.14. The third-order valence-electron chi connectivity index (χ3n) is 1.61. The minimum atomic E-state index is -0.932. The van der Waals surface area contributed by atoms with Crippen LogP contribution in [0, 0.1) is 10.5 Å². The normalized spacial score (nSPS) is 10.8. The van der Waals surface area contributed by atoms with Gasteiger partial charge < -0.3 is 5.11 Å². The van der Waals surface area contributed by atoms with Crippen molar-refractivity contribution in [1.82, 2.24) is 0 Å². The van der Waals surface area contributed by atoms with Crippen molar-refractivity contribution >= 4 is 50.6 Å². The van der Waals surface area contributed by atoms with E-state index in [9.17, 15) is 4.79 Å². The van der Waals surface area contributed by atoms with Gasteiger partial charge in [0.15, 0.2) is 0 Å². The van der Waals surface area contributed by atoms with Gasteiger partial charge in [-0.05, 0) is 68.7 Å². The molecule has 0 atom stereocenters. The lowest BCUT2D eigenvalue weighted by Crippen LogP contribution is -1.89. The van der Waals surface area contributed by atoms with E-state index in [2.05, 4.69) is 38.5 Å². The Morgan fingerprint density at radius 3 is 2.79 bits per heavy atom. The summed E-state index contributed by atoms with van der Waals surface area (Å²) in [5, 5.41) is 8.50. The highest BCUT2D eigenvalue weighted by molar-refractivity contribution is 14.1. The highest BCUT2D eigenvalue weighted by atomic mass is 127. The van der Waals surface area contributed by atoms with Crippen LogP contribution in [0.1, 0.15) is 11.1 Å². The van der Waals surface area contributed by atoms with Crippen LogP contribution in [-0.2, 0) is 4.79 Å². The van der Waals surface area contributed by atoms with Crippen LogP contribution in [0.2, 0.25) is 0 Å². The van der Waals surface area contributed by atoms with Crippen LogP contribution in [0.4, 0.5) is 0 Å². The maximum absolute atomic E-state index is 10.4. The number of hydrogen-bond acceptors (Lipinski definition) is 1. The molecule has 0 aromatic heterocycles. The van der Waals surface area contributed by atoms with E-state index in [-0.39, 0.29) is 0 Å². The Morgan fingerprint density at radius 2 is 2.21 bits per heavy atom. The van der Waals surface area contributed by atoms with Crippen LogP contribution < -0.4 is 0 Å². The minimum Gasteiger partial charge on any atom is -0.478 e. The predicted molar refractivity (Wildman–Crippen MR) is 68.3 cm³/mol. The molecule has 0 spiro atoms. The zero-order chi connectivity index (χ0) is 10.7. The van der Waals surface area contributed by atoms with Gasteiger partial charge in [0.05, 0.1) is 0 Å². The highest BCUT2D eigenvalue weighted by Crippen LogP contribution is 2.25. The van der Waals surface area contributed by atoms with Gasteiger partial charge in [0.1, 0.15) is 0 Å². The molecule has 0 bridgehead atoms.